The zero-order valence-corrected chi connectivity index (χ0v) is 16.0. The van der Waals surface area contributed by atoms with Gasteiger partial charge in [0.2, 0.25) is 20.0 Å². The first kappa shape index (κ1) is 17.9. The van der Waals surface area contributed by atoms with Crippen LogP contribution in [0.5, 0.6) is 0 Å². The largest absolute Gasteiger partial charge is 0.243 e. The quantitative estimate of drug-likeness (QED) is 0.842. The summed E-state index contributed by atoms with van der Waals surface area (Å²) >= 11 is 0. The predicted octanol–water partition coefficient (Wildman–Crippen LogP) is 2.07. The molecule has 2 aromatic rings. The van der Waals surface area contributed by atoms with Crippen LogP contribution < -0.4 is 4.72 Å². The smallest absolute Gasteiger partial charge is 0.212 e. The summed E-state index contributed by atoms with van der Waals surface area (Å²) in [5, 5.41) is 0.833. The summed E-state index contributed by atoms with van der Waals surface area (Å²) in [7, 11) is -7.19. The predicted molar refractivity (Wildman–Crippen MR) is 101 cm³/mol. The second-order valence-electron chi connectivity index (χ2n) is 7.07. The van der Waals surface area contributed by atoms with Crippen LogP contribution in [-0.2, 0) is 20.0 Å². The summed E-state index contributed by atoms with van der Waals surface area (Å²) in [6.07, 6.45) is 3.81. The number of hydrogen-bond acceptors (Lipinski definition) is 4. The fourth-order valence-electron chi connectivity index (χ4n) is 3.73. The van der Waals surface area contributed by atoms with Crippen molar-refractivity contribution < 1.29 is 16.8 Å². The van der Waals surface area contributed by atoms with Crippen LogP contribution in [0.3, 0.4) is 0 Å². The molecule has 2 aliphatic rings. The van der Waals surface area contributed by atoms with Crippen molar-refractivity contribution in [1.29, 1.82) is 0 Å². The van der Waals surface area contributed by atoms with Gasteiger partial charge in [-0.3, -0.25) is 0 Å². The number of rotatable bonds is 5. The molecule has 2 aromatic carbocycles. The lowest BCUT2D eigenvalue weighted by Gasteiger charge is -2.38. The molecule has 0 amide bonds. The van der Waals surface area contributed by atoms with Crippen molar-refractivity contribution in [3.63, 3.8) is 0 Å². The van der Waals surface area contributed by atoms with Gasteiger partial charge in [0.15, 0.2) is 0 Å². The van der Waals surface area contributed by atoms with Crippen LogP contribution in [0.15, 0.2) is 47.4 Å². The minimum absolute atomic E-state index is 0.00345. The van der Waals surface area contributed by atoms with Crippen LogP contribution >= 0.6 is 0 Å². The van der Waals surface area contributed by atoms with Gasteiger partial charge in [-0.1, -0.05) is 49.2 Å². The van der Waals surface area contributed by atoms with Crippen molar-refractivity contribution in [3.05, 3.63) is 42.5 Å². The Morgan fingerprint density at radius 2 is 1.54 bits per heavy atom. The first-order valence-electron chi connectivity index (χ1n) is 8.87. The zero-order valence-electron chi connectivity index (χ0n) is 14.3. The van der Waals surface area contributed by atoms with Crippen molar-refractivity contribution in [2.75, 3.05) is 13.1 Å². The van der Waals surface area contributed by atoms with Gasteiger partial charge in [-0.15, -0.1) is 0 Å². The third-order valence-corrected chi connectivity index (χ3v) is 9.03. The number of fused-ring (bicyclic) bond motifs is 1. The van der Waals surface area contributed by atoms with E-state index in [1.54, 1.807) is 24.3 Å². The average Bonchev–Trinajstić information content (AvgIpc) is 3.04. The third kappa shape index (κ3) is 3.15. The van der Waals surface area contributed by atoms with E-state index >= 15 is 0 Å². The molecule has 1 aliphatic carbocycles. The highest BCUT2D eigenvalue weighted by molar-refractivity contribution is 7.91. The van der Waals surface area contributed by atoms with Crippen molar-refractivity contribution in [1.82, 2.24) is 9.03 Å². The molecule has 0 unspecified atom stereocenters. The molecule has 1 aliphatic heterocycles. The lowest BCUT2D eigenvalue weighted by Crippen LogP contribution is -2.59. The molecule has 26 heavy (non-hydrogen) atoms. The molecular formula is C18H22N2O4S2. The van der Waals surface area contributed by atoms with Crippen LogP contribution in [0.4, 0.5) is 0 Å². The van der Waals surface area contributed by atoms with E-state index < -0.39 is 25.3 Å². The van der Waals surface area contributed by atoms with Gasteiger partial charge in [-0.25, -0.2) is 21.6 Å². The molecule has 6 nitrogen and oxygen atoms in total. The number of benzene rings is 2. The van der Waals surface area contributed by atoms with E-state index in [-0.39, 0.29) is 24.0 Å². The van der Waals surface area contributed by atoms with Gasteiger partial charge in [-0.2, -0.15) is 4.31 Å². The Hall–Kier alpha value is -1.48. The molecule has 4 rings (SSSR count). The molecule has 0 spiro atoms. The number of nitrogens with one attached hydrogen (secondary N) is 1. The Labute approximate surface area is 154 Å². The summed E-state index contributed by atoms with van der Waals surface area (Å²) in [6.45, 7) is 0.0151. The van der Waals surface area contributed by atoms with Crippen LogP contribution in [0.1, 0.15) is 25.7 Å². The lowest BCUT2D eigenvalue weighted by molar-refractivity contribution is 0.307. The Kier molecular flexibility index (Phi) is 4.54. The van der Waals surface area contributed by atoms with Gasteiger partial charge in [0.1, 0.15) is 5.25 Å². The Morgan fingerprint density at radius 1 is 0.885 bits per heavy atom. The summed E-state index contributed by atoms with van der Waals surface area (Å²) in [5.41, 5.74) is 0. The molecule has 1 N–H and O–H groups in total. The highest BCUT2D eigenvalue weighted by Gasteiger charge is 2.44. The molecule has 0 radical (unpaired) electrons. The molecule has 0 bridgehead atoms. The van der Waals surface area contributed by atoms with Crippen molar-refractivity contribution in [3.8, 4) is 0 Å². The fraction of sp³-hybridized carbons (Fsp3) is 0.444. The van der Waals surface area contributed by atoms with E-state index in [9.17, 15) is 16.8 Å². The molecule has 1 saturated carbocycles. The fourth-order valence-corrected chi connectivity index (χ4v) is 7.30. The van der Waals surface area contributed by atoms with E-state index in [0.29, 0.717) is 5.39 Å². The molecule has 2 fully saturated rings. The van der Waals surface area contributed by atoms with E-state index in [2.05, 4.69) is 4.72 Å². The average molecular weight is 395 g/mol. The SMILES string of the molecule is O=S(=O)(NC1CCCC1)C1CN(S(=O)(=O)c2cccc3ccccc23)C1. The Bertz CT molecular complexity index is 1020. The van der Waals surface area contributed by atoms with Crippen LogP contribution in [-0.4, -0.2) is 45.5 Å². The Balaban J connectivity index is 1.52. The molecular weight excluding hydrogens is 372 g/mol. The van der Waals surface area contributed by atoms with Crippen LogP contribution in [0.2, 0.25) is 0 Å². The minimum atomic E-state index is -3.71. The summed E-state index contributed by atoms with van der Waals surface area (Å²) in [6, 6.07) is 12.5. The van der Waals surface area contributed by atoms with Gasteiger partial charge in [-0.05, 0) is 24.3 Å². The van der Waals surface area contributed by atoms with Gasteiger partial charge in [0.05, 0.1) is 4.90 Å². The third-order valence-electron chi connectivity index (χ3n) is 5.31. The minimum Gasteiger partial charge on any atom is -0.212 e. The maximum Gasteiger partial charge on any atom is 0.243 e. The lowest BCUT2D eigenvalue weighted by atomic mass is 10.1. The number of hydrogen-bond donors (Lipinski definition) is 1. The molecule has 0 aromatic heterocycles. The van der Waals surface area contributed by atoms with Gasteiger partial charge >= 0.3 is 0 Å². The van der Waals surface area contributed by atoms with Crippen molar-refractivity contribution in [2.45, 2.75) is 41.9 Å². The van der Waals surface area contributed by atoms with Crippen molar-refractivity contribution in [2.24, 2.45) is 0 Å². The first-order chi connectivity index (χ1) is 12.4. The topological polar surface area (TPSA) is 83.6 Å². The second-order valence-corrected chi connectivity index (χ2v) is 11.0. The summed E-state index contributed by atoms with van der Waals surface area (Å²) in [5.74, 6) is 0. The standard InChI is InChI=1S/C18H22N2O4S2/c21-25(22,19-15-8-2-3-9-15)16-12-20(13-16)26(23,24)18-11-5-7-14-6-1-4-10-17(14)18/h1,4-7,10-11,15-16,19H,2-3,8-9,12-13H2. The van der Waals surface area contributed by atoms with E-state index in [1.165, 1.54) is 4.31 Å². The number of nitrogens with zero attached hydrogens (tertiary/aromatic N) is 1. The number of sulfonamides is 2. The normalized spacial score (nSPS) is 20.5. The molecule has 1 heterocycles. The Morgan fingerprint density at radius 3 is 2.27 bits per heavy atom. The molecule has 0 atom stereocenters. The summed E-state index contributed by atoms with van der Waals surface area (Å²) in [4.78, 5) is 0.232. The van der Waals surface area contributed by atoms with Gasteiger partial charge in [0.25, 0.3) is 0 Å². The van der Waals surface area contributed by atoms with Crippen molar-refractivity contribution >= 4 is 30.8 Å². The maximum absolute atomic E-state index is 13.0. The van der Waals surface area contributed by atoms with Crippen LogP contribution in [0, 0.1) is 0 Å². The van der Waals surface area contributed by atoms with Gasteiger partial charge < -0.3 is 0 Å². The van der Waals surface area contributed by atoms with Crippen LogP contribution in [0.25, 0.3) is 10.8 Å². The molecule has 140 valence electrons. The zero-order chi connectivity index (χ0) is 18.4. The summed E-state index contributed by atoms with van der Waals surface area (Å²) < 4.78 is 54.8. The molecule has 1 saturated heterocycles. The maximum atomic E-state index is 13.0. The molecule has 8 heteroatoms. The van der Waals surface area contributed by atoms with Gasteiger partial charge in [0, 0.05) is 24.5 Å². The van der Waals surface area contributed by atoms with E-state index in [4.69, 9.17) is 0 Å². The van der Waals surface area contributed by atoms with E-state index in [1.807, 2.05) is 18.2 Å². The second kappa shape index (κ2) is 6.60. The van der Waals surface area contributed by atoms with E-state index in [0.717, 1.165) is 31.1 Å². The highest BCUT2D eigenvalue weighted by atomic mass is 32.2. The highest BCUT2D eigenvalue weighted by Crippen LogP contribution is 2.30. The first-order valence-corrected chi connectivity index (χ1v) is 11.9. The monoisotopic (exact) mass is 394 g/mol.